The number of carbonyl (C=O) groups excluding carboxylic acids is 2. The Hall–Kier alpha value is -5.25. The fourth-order valence-electron chi connectivity index (χ4n) is 2.86. The van der Waals surface area contributed by atoms with Gasteiger partial charge in [-0.05, 0) is 54.1 Å². The summed E-state index contributed by atoms with van der Waals surface area (Å²) in [4.78, 5) is 56.6. The minimum atomic E-state index is -5.08. The Bertz CT molecular complexity index is 1450. The predicted molar refractivity (Wildman–Crippen MR) is 137 cm³/mol. The van der Waals surface area contributed by atoms with Gasteiger partial charge >= 0.3 is 30.1 Å². The summed E-state index contributed by atoms with van der Waals surface area (Å²) in [6, 6.07) is 14.2. The lowest BCUT2D eigenvalue weighted by Crippen LogP contribution is -2.42. The summed E-state index contributed by atoms with van der Waals surface area (Å²) >= 11 is 1.18. The minimum Gasteiger partial charge on any atom is -0.481 e. The van der Waals surface area contributed by atoms with Crippen molar-refractivity contribution in [3.05, 3.63) is 76.7 Å². The van der Waals surface area contributed by atoms with Crippen molar-refractivity contribution in [3.8, 4) is 16.2 Å². The number of rotatable bonds is 9. The van der Waals surface area contributed by atoms with E-state index >= 15 is 0 Å². The summed E-state index contributed by atoms with van der Waals surface area (Å²) < 4.78 is 37.1. The number of amidine groups is 1. The Kier molecular flexibility index (Phi) is 10.7. The lowest BCUT2D eigenvalue weighted by atomic mass is 10.1. The molecule has 0 saturated carbocycles. The second-order valence-corrected chi connectivity index (χ2v) is 8.92. The summed E-state index contributed by atoms with van der Waals surface area (Å²) in [6.45, 7) is 0. The molecule has 0 bridgehead atoms. The number of hydrogen-bond acceptors (Lipinski definition) is 8. The topological polar surface area (TPSA) is 217 Å². The fourth-order valence-corrected chi connectivity index (χ4v) is 3.75. The quantitative estimate of drug-likeness (QED) is 0.0918. The van der Waals surface area contributed by atoms with E-state index in [-0.39, 0.29) is 11.4 Å². The van der Waals surface area contributed by atoms with Crippen molar-refractivity contribution in [1.82, 2.24) is 5.32 Å². The summed E-state index contributed by atoms with van der Waals surface area (Å²) in [7, 11) is 0. The largest absolute Gasteiger partial charge is 0.490 e. The van der Waals surface area contributed by atoms with Gasteiger partial charge in [-0.25, -0.2) is 14.4 Å². The van der Waals surface area contributed by atoms with Crippen LogP contribution in [0.1, 0.15) is 32.0 Å². The van der Waals surface area contributed by atoms with Gasteiger partial charge in [-0.3, -0.25) is 15.0 Å². The van der Waals surface area contributed by atoms with Crippen LogP contribution in [0.25, 0.3) is 10.4 Å². The highest BCUT2D eigenvalue weighted by atomic mass is 32.1. The molecule has 2 aromatic carbocycles. The lowest BCUT2D eigenvalue weighted by molar-refractivity contribution is -0.192. The van der Waals surface area contributed by atoms with Gasteiger partial charge in [0.2, 0.25) is 0 Å². The zero-order valence-electron chi connectivity index (χ0n) is 20.5. The molecular weight excluding hydrogens is 575 g/mol. The number of nitrogens with two attached hydrogens (primary N) is 1. The third-order valence-corrected chi connectivity index (χ3v) is 5.95. The molecule has 0 aliphatic heterocycles. The van der Waals surface area contributed by atoms with Crippen LogP contribution in [0.15, 0.2) is 60.7 Å². The number of halogens is 3. The second kappa shape index (κ2) is 13.7. The number of hydrogen-bond donors (Lipinski definition) is 6. The van der Waals surface area contributed by atoms with Gasteiger partial charge in [-0.1, -0.05) is 12.1 Å². The molecule has 41 heavy (non-hydrogen) atoms. The average molecular weight is 596 g/mol. The number of ether oxygens (including phenoxy) is 1. The van der Waals surface area contributed by atoms with E-state index in [0.29, 0.717) is 21.8 Å². The molecule has 0 spiro atoms. The molecular formula is C25H20F3N3O9S. The second-order valence-electron chi connectivity index (χ2n) is 7.83. The molecule has 0 radical (unpaired) electrons. The van der Waals surface area contributed by atoms with Crippen LogP contribution in [0, 0.1) is 5.41 Å². The van der Waals surface area contributed by atoms with Crippen molar-refractivity contribution in [2.75, 3.05) is 0 Å². The average Bonchev–Trinajstić information content (AvgIpc) is 3.39. The molecule has 3 aromatic rings. The Labute approximate surface area is 232 Å². The molecule has 0 aliphatic rings. The molecule has 1 heterocycles. The van der Waals surface area contributed by atoms with Crippen LogP contribution in [0.3, 0.4) is 0 Å². The number of benzene rings is 2. The zero-order chi connectivity index (χ0) is 30.9. The standard InChI is InChI=1S/C23H19N3O7S.C2HF3O2/c24-20(25)13-5-7-15(8-6-13)33-23(32)18-10-9-17(34-18)12-1-3-14(4-2-12)21(29)26-16(22(30)31)11-19(27)28;3-2(4,5)1(6)7/h1-10,16H,11H2,(H3,24,25)(H,26,29)(H,27,28)(H,30,31);(H,6,7)/t16-;/m0./s1. The molecule has 3 rings (SSSR count). The van der Waals surface area contributed by atoms with Gasteiger partial charge in [0.05, 0.1) is 6.42 Å². The molecule has 0 fully saturated rings. The van der Waals surface area contributed by atoms with Gasteiger partial charge in [-0.2, -0.15) is 13.2 Å². The SMILES string of the molecule is N=C(N)c1ccc(OC(=O)c2ccc(-c3ccc(C(=O)N[C@@H](CC(=O)O)C(=O)O)cc3)s2)cc1.O=C(O)C(F)(F)F. The third-order valence-electron chi connectivity index (χ3n) is 4.84. The maximum Gasteiger partial charge on any atom is 0.490 e. The number of aliphatic carboxylic acids is 3. The Morgan fingerprint density at radius 2 is 1.44 bits per heavy atom. The fraction of sp³-hybridized carbons (Fsp3) is 0.120. The van der Waals surface area contributed by atoms with Gasteiger partial charge in [0.15, 0.2) is 0 Å². The van der Waals surface area contributed by atoms with Crippen molar-refractivity contribution in [2.24, 2.45) is 5.73 Å². The number of carboxylic acid groups (broad SMARTS) is 3. The molecule has 1 amide bonds. The van der Waals surface area contributed by atoms with Gasteiger partial charge in [-0.15, -0.1) is 11.3 Å². The van der Waals surface area contributed by atoms with Gasteiger partial charge in [0, 0.05) is 16.0 Å². The van der Waals surface area contributed by atoms with E-state index < -0.39 is 48.4 Å². The first-order chi connectivity index (χ1) is 19.1. The number of carboxylic acids is 3. The zero-order valence-corrected chi connectivity index (χ0v) is 21.3. The molecule has 0 aliphatic carbocycles. The number of amides is 1. The van der Waals surface area contributed by atoms with Crippen LogP contribution >= 0.6 is 11.3 Å². The van der Waals surface area contributed by atoms with Crippen LogP contribution in [0.2, 0.25) is 0 Å². The van der Waals surface area contributed by atoms with E-state index in [1.165, 1.54) is 35.6 Å². The van der Waals surface area contributed by atoms with Gasteiger partial charge in [0.25, 0.3) is 5.91 Å². The first-order valence-corrected chi connectivity index (χ1v) is 11.8. The minimum absolute atomic E-state index is 0.0914. The van der Waals surface area contributed by atoms with Gasteiger partial charge < -0.3 is 31.1 Å². The molecule has 16 heteroatoms. The van der Waals surface area contributed by atoms with E-state index in [1.807, 2.05) is 0 Å². The summed E-state index contributed by atoms with van der Waals surface area (Å²) in [5, 5.41) is 34.5. The number of esters is 1. The van der Waals surface area contributed by atoms with Crippen molar-refractivity contribution >= 4 is 47.0 Å². The molecule has 0 unspecified atom stereocenters. The smallest absolute Gasteiger partial charge is 0.481 e. The Balaban J connectivity index is 0.000000745. The van der Waals surface area contributed by atoms with Crippen molar-refractivity contribution in [1.29, 1.82) is 5.41 Å². The van der Waals surface area contributed by atoms with Gasteiger partial charge in [0.1, 0.15) is 22.5 Å². The lowest BCUT2D eigenvalue weighted by Gasteiger charge is -2.12. The highest BCUT2D eigenvalue weighted by Gasteiger charge is 2.38. The highest BCUT2D eigenvalue weighted by Crippen LogP contribution is 2.29. The number of carbonyl (C=O) groups is 5. The molecule has 0 saturated heterocycles. The number of alkyl halides is 3. The van der Waals surface area contributed by atoms with Crippen LogP contribution < -0.4 is 15.8 Å². The van der Waals surface area contributed by atoms with Crippen LogP contribution in [0.5, 0.6) is 5.75 Å². The normalized spacial score (nSPS) is 11.3. The molecule has 1 aromatic heterocycles. The summed E-state index contributed by atoms with van der Waals surface area (Å²) in [6.07, 6.45) is -5.83. The maximum absolute atomic E-state index is 12.4. The first kappa shape index (κ1) is 32.0. The Morgan fingerprint density at radius 1 is 0.902 bits per heavy atom. The number of thiophene rings is 1. The molecule has 12 nitrogen and oxygen atoms in total. The van der Waals surface area contributed by atoms with E-state index in [0.717, 1.165) is 4.88 Å². The first-order valence-electron chi connectivity index (χ1n) is 11.0. The van der Waals surface area contributed by atoms with Crippen molar-refractivity contribution in [3.63, 3.8) is 0 Å². The Morgan fingerprint density at radius 3 is 1.90 bits per heavy atom. The summed E-state index contributed by atoms with van der Waals surface area (Å²) in [5.41, 5.74) is 6.78. The van der Waals surface area contributed by atoms with Crippen LogP contribution in [0.4, 0.5) is 13.2 Å². The molecule has 1 atom stereocenters. The highest BCUT2D eigenvalue weighted by molar-refractivity contribution is 7.17. The molecule has 7 N–H and O–H groups in total. The maximum atomic E-state index is 12.4. The van der Waals surface area contributed by atoms with Crippen LogP contribution in [-0.4, -0.2) is 63.2 Å². The monoisotopic (exact) mass is 595 g/mol. The van der Waals surface area contributed by atoms with E-state index in [1.54, 1.807) is 36.4 Å². The predicted octanol–water partition coefficient (Wildman–Crippen LogP) is 3.21. The van der Waals surface area contributed by atoms with Crippen molar-refractivity contribution in [2.45, 2.75) is 18.6 Å². The third kappa shape index (κ3) is 9.77. The van der Waals surface area contributed by atoms with Crippen molar-refractivity contribution < 1.29 is 57.2 Å². The summed E-state index contributed by atoms with van der Waals surface area (Å²) in [5.74, 6) is -6.60. The van der Waals surface area contributed by atoms with E-state index in [9.17, 15) is 32.3 Å². The van der Waals surface area contributed by atoms with E-state index in [4.69, 9.17) is 36.0 Å². The molecule has 216 valence electrons. The number of nitrogens with one attached hydrogen (secondary N) is 2. The van der Waals surface area contributed by atoms with E-state index in [2.05, 4.69) is 5.32 Å². The number of nitrogen functional groups attached to an aromatic ring is 1. The van der Waals surface area contributed by atoms with Crippen LogP contribution in [-0.2, 0) is 14.4 Å².